The Morgan fingerprint density at radius 2 is 1.00 bits per heavy atom. The summed E-state index contributed by atoms with van der Waals surface area (Å²) in [5, 5.41) is 10.5. The molecule has 1 amide bonds. The van der Waals surface area contributed by atoms with Gasteiger partial charge in [0.05, 0.1) is 0 Å². The van der Waals surface area contributed by atoms with Gasteiger partial charge in [0, 0.05) is 37.3 Å². The van der Waals surface area contributed by atoms with Crippen molar-refractivity contribution in [2.75, 3.05) is 33.0 Å². The number of rotatable bonds is 21. The van der Waals surface area contributed by atoms with E-state index in [9.17, 15) is 24.0 Å². The molecule has 0 spiro atoms. The fourth-order valence-electron chi connectivity index (χ4n) is 2.58. The van der Waals surface area contributed by atoms with Gasteiger partial charge in [-0.3, -0.25) is 5.41 Å². The van der Waals surface area contributed by atoms with Crippen LogP contribution in [0.4, 0.5) is 4.79 Å². The van der Waals surface area contributed by atoms with Crippen molar-refractivity contribution in [1.29, 1.82) is 5.41 Å². The molecule has 0 fully saturated rings. The van der Waals surface area contributed by atoms with E-state index in [1.54, 1.807) is 0 Å². The number of esters is 4. The van der Waals surface area contributed by atoms with E-state index in [4.69, 9.17) is 33.8 Å². The first-order valence-corrected chi connectivity index (χ1v) is 12.0. The standard InChI is InChI=1S/C26H36N2O11/c1-5-22(29)34-15-19(16-35-23(30)6-2)38-21(27)13-11-9-10-12-14-28-26(33)39-20(17-36-24(31)7-3)18-37-25(32)8-4/h5-8,19-20,27H,1-4,9-18H2,(H,28,33). The van der Waals surface area contributed by atoms with E-state index in [2.05, 4.69) is 31.6 Å². The third-order valence-corrected chi connectivity index (χ3v) is 4.50. The zero-order chi connectivity index (χ0) is 29.5. The van der Waals surface area contributed by atoms with E-state index >= 15 is 0 Å². The first-order chi connectivity index (χ1) is 18.6. The maximum atomic E-state index is 12.0. The topological polar surface area (TPSA) is 177 Å². The Kier molecular flexibility index (Phi) is 19.2. The number of nitrogens with one attached hydrogen (secondary N) is 2. The Labute approximate surface area is 227 Å². The second-order valence-electron chi connectivity index (χ2n) is 7.62. The summed E-state index contributed by atoms with van der Waals surface area (Å²) in [6.07, 6.45) is 4.16. The Morgan fingerprint density at radius 3 is 1.41 bits per heavy atom. The number of hydrogen-bond acceptors (Lipinski definition) is 12. The molecule has 0 bridgehead atoms. The molecule has 0 aromatic carbocycles. The van der Waals surface area contributed by atoms with E-state index in [1.807, 2.05) is 0 Å². The molecule has 216 valence electrons. The van der Waals surface area contributed by atoms with E-state index in [-0.39, 0.29) is 32.3 Å². The Bertz CT molecular complexity index is 767. The average Bonchev–Trinajstić information content (AvgIpc) is 2.94. The highest BCUT2D eigenvalue weighted by atomic mass is 16.6. The molecule has 2 N–H and O–H groups in total. The Balaban J connectivity index is 4.30. The minimum atomic E-state index is -1.02. The van der Waals surface area contributed by atoms with Gasteiger partial charge in [-0.1, -0.05) is 39.2 Å². The lowest BCUT2D eigenvalue weighted by Crippen LogP contribution is -2.35. The lowest BCUT2D eigenvalue weighted by Gasteiger charge is -2.19. The Hall–Kier alpha value is -4.42. The maximum Gasteiger partial charge on any atom is 0.407 e. The zero-order valence-corrected chi connectivity index (χ0v) is 21.9. The molecular formula is C26H36N2O11. The highest BCUT2D eigenvalue weighted by molar-refractivity contribution is 5.82. The van der Waals surface area contributed by atoms with E-state index < -0.39 is 42.2 Å². The van der Waals surface area contributed by atoms with Crippen LogP contribution in [0, 0.1) is 5.41 Å². The summed E-state index contributed by atoms with van der Waals surface area (Å²) in [6.45, 7) is 12.3. The van der Waals surface area contributed by atoms with Gasteiger partial charge in [0.2, 0.25) is 0 Å². The molecule has 0 aliphatic heterocycles. The molecular weight excluding hydrogens is 516 g/mol. The number of unbranched alkanes of at least 4 members (excludes halogenated alkanes) is 3. The number of carbonyl (C=O) groups is 5. The zero-order valence-electron chi connectivity index (χ0n) is 21.9. The molecule has 0 atom stereocenters. The van der Waals surface area contributed by atoms with Gasteiger partial charge in [0.1, 0.15) is 26.4 Å². The SMILES string of the molecule is C=CC(=O)OCC(COC(=O)C=C)OC(=N)CCCCCCNC(=O)OC(COC(=O)C=C)COC(=O)C=C. The molecule has 0 aromatic rings. The number of ether oxygens (including phenoxy) is 6. The van der Waals surface area contributed by atoms with E-state index in [0.717, 1.165) is 37.1 Å². The summed E-state index contributed by atoms with van der Waals surface area (Å²) < 4.78 is 30.0. The molecule has 13 heteroatoms. The van der Waals surface area contributed by atoms with Crippen molar-refractivity contribution < 1.29 is 52.4 Å². The molecule has 0 aliphatic carbocycles. The van der Waals surface area contributed by atoms with Crippen LogP contribution in [0.15, 0.2) is 50.6 Å². The van der Waals surface area contributed by atoms with Crippen LogP contribution < -0.4 is 5.32 Å². The minimum Gasteiger partial charge on any atom is -0.471 e. The summed E-state index contributed by atoms with van der Waals surface area (Å²) in [4.78, 5) is 57.0. The fraction of sp³-hybridized carbons (Fsp3) is 0.462. The fourth-order valence-corrected chi connectivity index (χ4v) is 2.58. The summed E-state index contributed by atoms with van der Waals surface area (Å²) in [5.74, 6) is -2.86. The van der Waals surface area contributed by atoms with Crippen LogP contribution in [0.25, 0.3) is 0 Å². The van der Waals surface area contributed by atoms with Crippen molar-refractivity contribution in [3.8, 4) is 0 Å². The van der Waals surface area contributed by atoms with Crippen molar-refractivity contribution in [2.45, 2.75) is 44.3 Å². The van der Waals surface area contributed by atoms with Gasteiger partial charge in [-0.2, -0.15) is 0 Å². The van der Waals surface area contributed by atoms with Crippen molar-refractivity contribution in [3.63, 3.8) is 0 Å². The van der Waals surface area contributed by atoms with Crippen LogP contribution in [-0.2, 0) is 47.6 Å². The number of alkyl carbamates (subject to hydrolysis) is 1. The van der Waals surface area contributed by atoms with E-state index in [0.29, 0.717) is 25.8 Å². The second kappa shape index (κ2) is 21.6. The number of amides is 1. The summed E-state index contributed by atoms with van der Waals surface area (Å²) in [7, 11) is 0. The molecule has 39 heavy (non-hydrogen) atoms. The van der Waals surface area contributed by atoms with E-state index in [1.165, 1.54) is 0 Å². The van der Waals surface area contributed by atoms with Gasteiger partial charge >= 0.3 is 30.0 Å². The molecule has 0 aromatic heterocycles. The molecule has 0 heterocycles. The van der Waals surface area contributed by atoms with Gasteiger partial charge in [0.25, 0.3) is 0 Å². The smallest absolute Gasteiger partial charge is 0.407 e. The van der Waals surface area contributed by atoms with Crippen molar-refractivity contribution in [3.05, 3.63) is 50.6 Å². The van der Waals surface area contributed by atoms with Gasteiger partial charge in [-0.25, -0.2) is 24.0 Å². The minimum absolute atomic E-state index is 0.0636. The molecule has 0 unspecified atom stereocenters. The number of hydrogen-bond donors (Lipinski definition) is 2. The molecule has 0 radical (unpaired) electrons. The summed E-state index contributed by atoms with van der Waals surface area (Å²) in [6, 6.07) is 0. The first-order valence-electron chi connectivity index (χ1n) is 12.0. The molecule has 13 nitrogen and oxygen atoms in total. The van der Waals surface area contributed by atoms with Crippen LogP contribution in [0.3, 0.4) is 0 Å². The molecule has 0 aliphatic rings. The predicted molar refractivity (Wildman–Crippen MR) is 139 cm³/mol. The third-order valence-electron chi connectivity index (χ3n) is 4.50. The Morgan fingerprint density at radius 1 is 0.615 bits per heavy atom. The van der Waals surface area contributed by atoms with Crippen molar-refractivity contribution >= 4 is 35.9 Å². The maximum absolute atomic E-state index is 12.0. The van der Waals surface area contributed by atoms with Crippen molar-refractivity contribution in [1.82, 2.24) is 5.32 Å². The highest BCUT2D eigenvalue weighted by Gasteiger charge is 2.19. The lowest BCUT2D eigenvalue weighted by molar-refractivity contribution is -0.147. The van der Waals surface area contributed by atoms with Crippen LogP contribution in [0.2, 0.25) is 0 Å². The second-order valence-corrected chi connectivity index (χ2v) is 7.62. The first kappa shape index (κ1) is 34.6. The molecule has 0 rings (SSSR count). The normalized spacial score (nSPS) is 10.0. The van der Waals surface area contributed by atoms with Gasteiger partial charge < -0.3 is 33.7 Å². The lowest BCUT2D eigenvalue weighted by atomic mass is 10.1. The van der Waals surface area contributed by atoms with Crippen LogP contribution in [0.5, 0.6) is 0 Å². The molecule has 0 saturated heterocycles. The average molecular weight is 553 g/mol. The quantitative estimate of drug-likeness (QED) is 0.0533. The predicted octanol–water partition coefficient (Wildman–Crippen LogP) is 2.31. The third kappa shape index (κ3) is 19.4. The van der Waals surface area contributed by atoms with Gasteiger partial charge in [0.15, 0.2) is 18.1 Å². The van der Waals surface area contributed by atoms with Crippen LogP contribution >= 0.6 is 0 Å². The monoisotopic (exact) mass is 552 g/mol. The largest absolute Gasteiger partial charge is 0.471 e. The summed E-state index contributed by atoms with van der Waals surface area (Å²) >= 11 is 0. The van der Waals surface area contributed by atoms with Gasteiger partial charge in [-0.05, 0) is 12.8 Å². The highest BCUT2D eigenvalue weighted by Crippen LogP contribution is 2.07. The summed E-state index contributed by atoms with van der Waals surface area (Å²) in [5.41, 5.74) is 0. The van der Waals surface area contributed by atoms with Crippen LogP contribution in [-0.4, -0.2) is 81.0 Å². The molecule has 0 saturated carbocycles. The van der Waals surface area contributed by atoms with Crippen LogP contribution in [0.1, 0.15) is 32.1 Å². The van der Waals surface area contributed by atoms with Crippen molar-refractivity contribution in [2.24, 2.45) is 0 Å². The van der Waals surface area contributed by atoms with Gasteiger partial charge in [-0.15, -0.1) is 0 Å². The number of carbonyl (C=O) groups excluding carboxylic acids is 5.